The smallest absolute Gasteiger partial charge is 0.410 e. The Morgan fingerprint density at radius 1 is 1.05 bits per heavy atom. The Labute approximate surface area is 256 Å². The molecule has 43 heavy (non-hydrogen) atoms. The van der Waals surface area contributed by atoms with Gasteiger partial charge in [-0.3, -0.25) is 4.79 Å². The SMILES string of the molecule is CCC(CC)(Oc1ccc(CCN(Cc2cc3c(s2)CCN(C(=O)OC(C)(C)C)C3)C(C)=O)cc1OCC(=O)[O-])C(=O)[O-]. The van der Waals surface area contributed by atoms with Crippen molar-refractivity contribution in [2.75, 3.05) is 19.7 Å². The Balaban J connectivity index is 1.72. The van der Waals surface area contributed by atoms with Crippen molar-refractivity contribution in [3.63, 3.8) is 0 Å². The van der Waals surface area contributed by atoms with E-state index in [4.69, 9.17) is 14.2 Å². The number of aliphatic carboxylic acids is 2. The summed E-state index contributed by atoms with van der Waals surface area (Å²) in [7, 11) is 0. The summed E-state index contributed by atoms with van der Waals surface area (Å²) in [5.41, 5.74) is -0.385. The monoisotopic (exact) mass is 616 g/mol. The summed E-state index contributed by atoms with van der Waals surface area (Å²) in [6.07, 6.45) is 1.06. The van der Waals surface area contributed by atoms with Gasteiger partial charge in [-0.25, -0.2) is 4.79 Å². The molecule has 3 rings (SSSR count). The van der Waals surface area contributed by atoms with E-state index in [9.17, 15) is 29.4 Å². The van der Waals surface area contributed by atoms with Crippen LogP contribution in [0.3, 0.4) is 0 Å². The van der Waals surface area contributed by atoms with Crippen molar-refractivity contribution in [3.8, 4) is 11.5 Å². The first-order chi connectivity index (χ1) is 20.2. The Morgan fingerprint density at radius 2 is 1.74 bits per heavy atom. The number of nitrogens with zero attached hydrogens (tertiary/aromatic N) is 2. The highest BCUT2D eigenvalue weighted by Crippen LogP contribution is 2.34. The molecule has 0 spiro atoms. The minimum Gasteiger partial charge on any atom is -0.546 e. The van der Waals surface area contributed by atoms with E-state index in [-0.39, 0.29) is 36.3 Å². The fraction of sp³-hybridized carbons (Fsp3) is 0.548. The van der Waals surface area contributed by atoms with Gasteiger partial charge < -0.3 is 43.8 Å². The summed E-state index contributed by atoms with van der Waals surface area (Å²) in [6.45, 7) is 11.4. The van der Waals surface area contributed by atoms with Crippen molar-refractivity contribution in [2.45, 2.75) is 91.5 Å². The molecule has 0 saturated carbocycles. The van der Waals surface area contributed by atoms with Crippen LogP contribution in [0.1, 0.15) is 75.3 Å². The van der Waals surface area contributed by atoms with Crippen LogP contribution in [0.5, 0.6) is 11.5 Å². The van der Waals surface area contributed by atoms with E-state index < -0.39 is 29.7 Å². The third kappa shape index (κ3) is 9.09. The molecule has 0 atom stereocenters. The number of carboxylic acid groups (broad SMARTS) is 2. The number of benzene rings is 1. The Morgan fingerprint density at radius 3 is 2.33 bits per heavy atom. The van der Waals surface area contributed by atoms with Crippen LogP contribution >= 0.6 is 11.3 Å². The maximum atomic E-state index is 12.6. The Hall–Kier alpha value is -3.80. The van der Waals surface area contributed by atoms with Crippen LogP contribution < -0.4 is 19.7 Å². The molecule has 0 saturated heterocycles. The Kier molecular flexibility index (Phi) is 11.1. The lowest BCUT2D eigenvalue weighted by molar-refractivity contribution is -0.323. The normalized spacial score (nSPS) is 13.2. The lowest BCUT2D eigenvalue weighted by atomic mass is 9.97. The largest absolute Gasteiger partial charge is 0.546 e. The summed E-state index contributed by atoms with van der Waals surface area (Å²) in [5, 5.41) is 22.9. The van der Waals surface area contributed by atoms with Gasteiger partial charge in [0, 0.05) is 29.8 Å². The minimum absolute atomic E-state index is 0.0593. The standard InChI is InChI=1S/C31H42N2O9S/c1-7-31(8-2,28(37)38)41-24-10-9-21(15-25(24)40-19-27(35)36)11-13-32(20(3)34)18-23-16-22-17-33(14-12-26(22)43-23)29(39)42-30(4,5)6/h9-10,15-16H,7-8,11-14,17-19H2,1-6H3,(H,35,36)(H,37,38)/p-2. The zero-order valence-electron chi connectivity index (χ0n) is 25.7. The molecule has 0 unspecified atom stereocenters. The van der Waals surface area contributed by atoms with Gasteiger partial charge in [0.05, 0.1) is 25.0 Å². The summed E-state index contributed by atoms with van der Waals surface area (Å²) < 4.78 is 16.7. The van der Waals surface area contributed by atoms with Crippen molar-refractivity contribution >= 4 is 35.3 Å². The quantitative estimate of drug-likeness (QED) is 0.331. The van der Waals surface area contributed by atoms with Crippen molar-refractivity contribution < 1.29 is 43.6 Å². The highest BCUT2D eigenvalue weighted by atomic mass is 32.1. The van der Waals surface area contributed by atoms with Gasteiger partial charge in [-0.15, -0.1) is 11.3 Å². The van der Waals surface area contributed by atoms with Gasteiger partial charge in [0.25, 0.3) is 0 Å². The maximum absolute atomic E-state index is 12.6. The summed E-state index contributed by atoms with van der Waals surface area (Å²) in [6, 6.07) is 6.87. The van der Waals surface area contributed by atoms with E-state index in [1.54, 1.807) is 47.1 Å². The molecule has 0 fully saturated rings. The summed E-state index contributed by atoms with van der Waals surface area (Å²) in [4.78, 5) is 53.6. The second-order valence-electron chi connectivity index (χ2n) is 11.5. The molecule has 2 heterocycles. The number of carbonyl (C=O) groups is 4. The van der Waals surface area contributed by atoms with E-state index in [2.05, 4.69) is 0 Å². The zero-order chi connectivity index (χ0) is 31.9. The number of thiophene rings is 1. The number of hydrogen-bond acceptors (Lipinski definition) is 10. The van der Waals surface area contributed by atoms with Crippen molar-refractivity contribution in [3.05, 3.63) is 45.1 Å². The van der Waals surface area contributed by atoms with Gasteiger partial charge in [-0.2, -0.15) is 0 Å². The number of fused-ring (bicyclic) bond motifs is 1. The van der Waals surface area contributed by atoms with Gasteiger partial charge in [-0.05, 0) is 75.8 Å². The highest BCUT2D eigenvalue weighted by molar-refractivity contribution is 7.12. The molecule has 2 aromatic rings. The first-order valence-corrected chi connectivity index (χ1v) is 15.2. The predicted octanol–water partition coefficient (Wildman–Crippen LogP) is 2.45. The minimum atomic E-state index is -1.60. The van der Waals surface area contributed by atoms with Crippen LogP contribution in [0.4, 0.5) is 4.79 Å². The van der Waals surface area contributed by atoms with E-state index in [0.717, 1.165) is 22.4 Å². The lowest BCUT2D eigenvalue weighted by Crippen LogP contribution is -2.51. The molecule has 1 aromatic carbocycles. The molecule has 11 nitrogen and oxygen atoms in total. The molecule has 0 aliphatic carbocycles. The fourth-order valence-electron chi connectivity index (χ4n) is 4.73. The van der Waals surface area contributed by atoms with Gasteiger partial charge in [0.15, 0.2) is 11.5 Å². The van der Waals surface area contributed by atoms with Gasteiger partial charge in [-0.1, -0.05) is 19.9 Å². The summed E-state index contributed by atoms with van der Waals surface area (Å²) in [5.74, 6) is -2.80. The number of carbonyl (C=O) groups excluding carboxylic acids is 4. The molecule has 0 N–H and O–H groups in total. The Bertz CT molecular complexity index is 1330. The van der Waals surface area contributed by atoms with Crippen LogP contribution in [0, 0.1) is 0 Å². The van der Waals surface area contributed by atoms with Crippen molar-refractivity contribution in [1.29, 1.82) is 0 Å². The molecule has 1 aliphatic rings. The molecule has 0 radical (unpaired) electrons. The number of hydrogen-bond donors (Lipinski definition) is 0. The number of carboxylic acids is 2. The number of ether oxygens (including phenoxy) is 3. The number of amides is 2. The van der Waals surface area contributed by atoms with Crippen LogP contribution in [0.25, 0.3) is 0 Å². The zero-order valence-corrected chi connectivity index (χ0v) is 26.5. The average Bonchev–Trinajstić information content (AvgIpc) is 3.34. The molecule has 236 valence electrons. The second-order valence-corrected chi connectivity index (χ2v) is 12.8. The van der Waals surface area contributed by atoms with Crippen molar-refractivity contribution in [1.82, 2.24) is 9.80 Å². The first-order valence-electron chi connectivity index (χ1n) is 14.4. The molecule has 2 amide bonds. The maximum Gasteiger partial charge on any atom is 0.410 e. The molecule has 1 aliphatic heterocycles. The van der Waals surface area contributed by atoms with Crippen LogP contribution in [-0.4, -0.2) is 64.6 Å². The van der Waals surface area contributed by atoms with E-state index >= 15 is 0 Å². The first kappa shape index (κ1) is 33.7. The van der Waals surface area contributed by atoms with Gasteiger partial charge in [0.1, 0.15) is 17.8 Å². The molecular formula is C31H40N2O9S-2. The molecule has 1 aromatic heterocycles. The highest BCUT2D eigenvalue weighted by Gasteiger charge is 2.32. The molecule has 0 bridgehead atoms. The number of rotatable bonds is 13. The molecular weight excluding hydrogens is 576 g/mol. The molecule has 12 heteroatoms. The van der Waals surface area contributed by atoms with Crippen LogP contribution in [0.2, 0.25) is 0 Å². The van der Waals surface area contributed by atoms with E-state index in [1.165, 1.54) is 17.9 Å². The average molecular weight is 617 g/mol. The van der Waals surface area contributed by atoms with Gasteiger partial charge >= 0.3 is 6.09 Å². The van der Waals surface area contributed by atoms with E-state index in [0.29, 0.717) is 32.6 Å². The second kappa shape index (κ2) is 14.1. The van der Waals surface area contributed by atoms with Crippen molar-refractivity contribution in [2.24, 2.45) is 0 Å². The third-order valence-electron chi connectivity index (χ3n) is 7.20. The lowest BCUT2D eigenvalue weighted by Gasteiger charge is -2.34. The van der Waals surface area contributed by atoms with Crippen LogP contribution in [0.15, 0.2) is 24.3 Å². The fourth-order valence-corrected chi connectivity index (χ4v) is 5.92. The van der Waals surface area contributed by atoms with E-state index in [1.807, 2.05) is 26.8 Å². The predicted molar refractivity (Wildman–Crippen MR) is 155 cm³/mol. The van der Waals surface area contributed by atoms with Gasteiger partial charge in [0.2, 0.25) is 5.91 Å². The summed E-state index contributed by atoms with van der Waals surface area (Å²) >= 11 is 1.63. The van der Waals surface area contributed by atoms with Crippen LogP contribution in [-0.2, 0) is 45.1 Å². The topological polar surface area (TPSA) is 149 Å². The third-order valence-corrected chi connectivity index (χ3v) is 8.43.